The van der Waals surface area contributed by atoms with Crippen LogP contribution in [0.3, 0.4) is 0 Å². The van der Waals surface area contributed by atoms with Crippen molar-refractivity contribution < 1.29 is 57.8 Å². The molecule has 84 heavy (non-hydrogen) atoms. The van der Waals surface area contributed by atoms with E-state index in [1.54, 1.807) is 20.0 Å². The Balaban J connectivity index is 2.25. The van der Waals surface area contributed by atoms with Crippen LogP contribution in [0.2, 0.25) is 0 Å². The van der Waals surface area contributed by atoms with E-state index < -0.39 is 139 Å². The molecule has 2 rings (SSSR count). The lowest BCUT2D eigenvalue weighted by Gasteiger charge is -2.29. The second-order valence-corrected chi connectivity index (χ2v) is 21.6. The molecule has 0 fully saturated rings. The van der Waals surface area contributed by atoms with Gasteiger partial charge in [0.15, 0.2) is 5.96 Å². The summed E-state index contributed by atoms with van der Waals surface area (Å²) in [5.41, 5.74) is 29.7. The third-order valence-corrected chi connectivity index (χ3v) is 13.7. The minimum Gasteiger partial charge on any atom is -0.480 e. The van der Waals surface area contributed by atoms with Crippen molar-refractivity contribution in [1.29, 1.82) is 0 Å². The Hall–Kier alpha value is -7.92. The van der Waals surface area contributed by atoms with Crippen LogP contribution in [0.15, 0.2) is 35.5 Å². The van der Waals surface area contributed by atoms with Crippen LogP contribution in [-0.2, 0) is 59.2 Å². The predicted molar refractivity (Wildman–Crippen MR) is 315 cm³/mol. The fraction of sp³-hybridized carbons (Fsp3) is 0.636. The van der Waals surface area contributed by atoms with E-state index in [2.05, 4.69) is 63.1 Å². The highest BCUT2D eigenvalue weighted by Gasteiger charge is 2.35. The topological polar surface area (TPSA) is 487 Å². The number of carbonyl (C=O) groups excluding carboxylic acids is 10. The summed E-state index contributed by atoms with van der Waals surface area (Å²) < 4.78 is 0. The van der Waals surface area contributed by atoms with Gasteiger partial charge in [0.25, 0.3) is 0 Å². The number of aromatic nitrogens is 1. The summed E-state index contributed by atoms with van der Waals surface area (Å²) in [7, 11) is 0. The average molecular weight is 1180 g/mol. The monoisotopic (exact) mass is 1180 g/mol. The number of carboxylic acids is 1. The molecule has 470 valence electrons. The predicted octanol–water partition coefficient (Wildman–Crippen LogP) is -3.06. The summed E-state index contributed by atoms with van der Waals surface area (Å²) in [5.74, 6) is -9.84. The highest BCUT2D eigenvalue weighted by molar-refractivity contribution is 5.98. The number of amides is 10. The number of aliphatic carboxylic acids is 1. The van der Waals surface area contributed by atoms with Gasteiger partial charge in [-0.1, -0.05) is 66.2 Å². The number of aliphatic imine (C=N–C) groups is 1. The Bertz CT molecular complexity index is 2540. The molecule has 29 nitrogen and oxygen atoms in total. The molecule has 22 N–H and O–H groups in total. The molecule has 0 bridgehead atoms. The van der Waals surface area contributed by atoms with Gasteiger partial charge in [-0.05, 0) is 107 Å². The number of aromatic amines is 1. The largest absolute Gasteiger partial charge is 0.480 e. The first-order valence-corrected chi connectivity index (χ1v) is 28.6. The van der Waals surface area contributed by atoms with E-state index in [0.717, 1.165) is 10.9 Å². The van der Waals surface area contributed by atoms with Crippen LogP contribution >= 0.6 is 0 Å². The Labute approximate surface area is 490 Å². The zero-order chi connectivity index (χ0) is 63.1. The second kappa shape index (κ2) is 38.0. The Morgan fingerprint density at radius 2 is 1.10 bits per heavy atom. The number of hydrogen-bond acceptors (Lipinski definition) is 15. The smallest absolute Gasteiger partial charge is 0.326 e. The maximum Gasteiger partial charge on any atom is 0.326 e. The summed E-state index contributed by atoms with van der Waals surface area (Å²) in [4.78, 5) is 154. The van der Waals surface area contributed by atoms with Gasteiger partial charge in [0, 0.05) is 30.1 Å². The van der Waals surface area contributed by atoms with Crippen molar-refractivity contribution in [2.45, 2.75) is 167 Å². The van der Waals surface area contributed by atoms with Crippen molar-refractivity contribution in [2.75, 3.05) is 39.3 Å². The van der Waals surface area contributed by atoms with Gasteiger partial charge in [0.1, 0.15) is 42.3 Å². The third-order valence-electron chi connectivity index (χ3n) is 13.7. The number of nitrogens with two attached hydrogens (primary N) is 5. The zero-order valence-electron chi connectivity index (χ0n) is 49.5. The zero-order valence-corrected chi connectivity index (χ0v) is 49.5. The normalized spacial score (nSPS) is 14.4. The van der Waals surface area contributed by atoms with E-state index in [9.17, 15) is 57.8 Å². The molecule has 9 atom stereocenters. The molecule has 1 aromatic heterocycles. The first kappa shape index (κ1) is 72.2. The van der Waals surface area contributed by atoms with Gasteiger partial charge >= 0.3 is 5.97 Å². The molecule has 0 saturated carbocycles. The summed E-state index contributed by atoms with van der Waals surface area (Å²) >= 11 is 0. The number of rotatable bonds is 40. The number of benzene rings is 1. The van der Waals surface area contributed by atoms with Gasteiger partial charge in [-0.2, -0.15) is 0 Å². The van der Waals surface area contributed by atoms with E-state index in [4.69, 9.17) is 28.7 Å². The van der Waals surface area contributed by atoms with Gasteiger partial charge in [-0.3, -0.25) is 52.9 Å². The molecular formula is C55H93N17O12. The van der Waals surface area contributed by atoms with Crippen LogP contribution in [0.4, 0.5) is 0 Å². The molecule has 0 aliphatic carbocycles. The number of para-hydroxylation sites is 1. The number of unbranched alkanes of at least 4 members (excludes halogenated alkanes) is 2. The molecule has 0 saturated heterocycles. The second-order valence-electron chi connectivity index (χ2n) is 21.6. The van der Waals surface area contributed by atoms with E-state index in [1.807, 2.05) is 52.0 Å². The molecule has 0 aliphatic rings. The number of nitrogens with one attached hydrogen (secondary N) is 11. The number of nitrogens with zero attached hydrogens (tertiary/aromatic N) is 1. The van der Waals surface area contributed by atoms with E-state index in [0.29, 0.717) is 44.2 Å². The van der Waals surface area contributed by atoms with Crippen molar-refractivity contribution in [3.8, 4) is 0 Å². The Morgan fingerprint density at radius 3 is 1.67 bits per heavy atom. The molecule has 0 unspecified atom stereocenters. The Morgan fingerprint density at radius 1 is 0.571 bits per heavy atom. The molecule has 0 spiro atoms. The first-order chi connectivity index (χ1) is 39.7. The SMILES string of the molecule is CC[C@H](C)[C@H](N)C(=O)N[C@@H](C)C(=O)N[C@@H](Cc1c[nH]c2ccccc12)C(=O)N[C@@H](CC(C)C)C(=O)N[C@H](C(=O)N[C@@H](CCCCN)C(=O)NCC(=O)N[C@@H](CCCN=C(N)N)C(=O)NCC(=O)NCC(=O)N[C@@H](CCCCN)C(=O)O)C(C)C. The summed E-state index contributed by atoms with van der Waals surface area (Å²) in [6.07, 6.45) is 4.59. The van der Waals surface area contributed by atoms with Crippen molar-refractivity contribution in [2.24, 2.45) is 51.4 Å². The van der Waals surface area contributed by atoms with Crippen LogP contribution in [0, 0.1) is 17.8 Å². The number of hydrogen-bond donors (Lipinski definition) is 17. The maximum absolute atomic E-state index is 14.4. The molecule has 10 amide bonds. The van der Waals surface area contributed by atoms with Gasteiger partial charge in [0.05, 0.1) is 25.7 Å². The van der Waals surface area contributed by atoms with E-state index >= 15 is 0 Å². The number of carbonyl (C=O) groups is 11. The molecular weight excluding hydrogens is 1090 g/mol. The standard InChI is InChI=1S/C55H93N17O12/c1-8-32(6)45(58)52(81)66-33(7)47(76)70-41(25-34-26-62-36-17-10-9-16-35(34)36)50(79)71-40(24-30(2)3)51(80)72-46(31(4)5)53(82)69-38(18-11-13-21-56)49(78)65-29-44(75)67-37(20-15-23-61-55(59)60)48(77)64-27-42(73)63-28-43(74)68-39(54(83)84)19-12-14-22-57/h9-10,16-17,26,30-33,37-41,45-46,62H,8,11-15,18-25,27-29,56-58H2,1-7H3,(H,63,73)(H,64,77)(H,65,78)(H,66,81)(H,67,75)(H,68,74)(H,69,82)(H,70,76)(H,71,79)(H,72,80)(H,83,84)(H4,59,60,61)/t32-,33-,37-,38-,39-,40-,41-,45-,46-/m0/s1. The number of guanidine groups is 1. The lowest BCUT2D eigenvalue weighted by molar-refractivity contribution is -0.142. The van der Waals surface area contributed by atoms with Crippen molar-refractivity contribution in [3.05, 3.63) is 36.0 Å². The quantitative estimate of drug-likeness (QED) is 0.0179. The van der Waals surface area contributed by atoms with E-state index in [-0.39, 0.29) is 69.4 Å². The van der Waals surface area contributed by atoms with Gasteiger partial charge in [0.2, 0.25) is 59.1 Å². The first-order valence-electron chi connectivity index (χ1n) is 28.6. The molecule has 29 heteroatoms. The van der Waals surface area contributed by atoms with E-state index in [1.165, 1.54) is 6.92 Å². The molecule has 2 aromatic rings. The van der Waals surface area contributed by atoms with Crippen molar-refractivity contribution >= 4 is 81.9 Å². The van der Waals surface area contributed by atoms with Gasteiger partial charge in [-0.15, -0.1) is 0 Å². The van der Waals surface area contributed by atoms with Crippen LogP contribution in [0.1, 0.15) is 118 Å². The highest BCUT2D eigenvalue weighted by atomic mass is 16.4. The molecule has 1 aromatic carbocycles. The van der Waals surface area contributed by atoms with Crippen molar-refractivity contribution in [3.63, 3.8) is 0 Å². The maximum atomic E-state index is 14.4. The van der Waals surface area contributed by atoms with Crippen LogP contribution < -0.4 is 81.8 Å². The third kappa shape index (κ3) is 26.5. The number of carboxylic acid groups (broad SMARTS) is 1. The van der Waals surface area contributed by atoms with Crippen LogP contribution in [-0.4, -0.2) is 169 Å². The minimum atomic E-state index is -1.28. The lowest BCUT2D eigenvalue weighted by Crippen LogP contribution is -2.60. The minimum absolute atomic E-state index is 0.0184. The summed E-state index contributed by atoms with van der Waals surface area (Å²) in [5, 5.41) is 35.8. The van der Waals surface area contributed by atoms with Crippen LogP contribution in [0.25, 0.3) is 10.9 Å². The number of fused-ring (bicyclic) bond motifs is 1. The summed E-state index contributed by atoms with van der Waals surface area (Å²) in [6.45, 7) is 10.9. The fourth-order valence-electron chi connectivity index (χ4n) is 8.54. The van der Waals surface area contributed by atoms with Crippen molar-refractivity contribution in [1.82, 2.24) is 58.2 Å². The Kier molecular flexibility index (Phi) is 32.7. The highest BCUT2D eigenvalue weighted by Crippen LogP contribution is 2.20. The van der Waals surface area contributed by atoms with Crippen LogP contribution in [0.5, 0.6) is 0 Å². The number of H-pyrrole nitrogens is 1. The fourth-order valence-corrected chi connectivity index (χ4v) is 8.54. The molecule has 0 radical (unpaired) electrons. The van der Waals surface area contributed by atoms with Gasteiger partial charge < -0.3 is 91.9 Å². The van der Waals surface area contributed by atoms with Gasteiger partial charge in [-0.25, -0.2) is 4.79 Å². The summed E-state index contributed by atoms with van der Waals surface area (Å²) in [6, 6.07) is -2.08. The lowest BCUT2D eigenvalue weighted by atomic mass is 9.98. The molecule has 0 aliphatic heterocycles. The molecule has 1 heterocycles. The average Bonchev–Trinajstić information content (AvgIpc) is 3.63.